The van der Waals surface area contributed by atoms with E-state index in [4.69, 9.17) is 4.98 Å². The van der Waals surface area contributed by atoms with Gasteiger partial charge >= 0.3 is 0 Å². The van der Waals surface area contributed by atoms with Crippen LogP contribution in [0.4, 0.5) is 0 Å². The molecule has 7 rings (SSSR count). The summed E-state index contributed by atoms with van der Waals surface area (Å²) in [6, 6.07) is 21.4. The quantitative estimate of drug-likeness (QED) is 0.506. The molecule has 2 unspecified atom stereocenters. The standard InChI is InChI=1S/C32H40N4O2/c1-23-33-28-9-5-6-10-29(28)36(23)27-21-25-11-12-26(22-27)35(25)20-17-31(24-7-3-2-4-8-24)15-18-34(19-16-31)30(37)32(38)13-14-32/h2-10,25-27,38H,11-22H2,1H3. The molecule has 1 aliphatic carbocycles. The Bertz CT molecular complexity index is 1310. The molecule has 1 amide bonds. The maximum Gasteiger partial charge on any atom is 0.254 e. The van der Waals surface area contributed by atoms with E-state index in [2.05, 4.69) is 71.0 Å². The molecule has 200 valence electrons. The van der Waals surface area contributed by atoms with Gasteiger partial charge in [-0.1, -0.05) is 42.5 Å². The number of hydrogen-bond acceptors (Lipinski definition) is 4. The summed E-state index contributed by atoms with van der Waals surface area (Å²) in [6.07, 6.45) is 9.34. The van der Waals surface area contributed by atoms with Crippen molar-refractivity contribution in [2.45, 2.75) is 93.9 Å². The predicted molar refractivity (Wildman–Crippen MR) is 149 cm³/mol. The van der Waals surface area contributed by atoms with Gasteiger partial charge in [0.1, 0.15) is 11.4 Å². The van der Waals surface area contributed by atoms with Crippen LogP contribution in [0.5, 0.6) is 0 Å². The van der Waals surface area contributed by atoms with E-state index < -0.39 is 5.60 Å². The van der Waals surface area contributed by atoms with Gasteiger partial charge in [0.25, 0.3) is 5.91 Å². The van der Waals surface area contributed by atoms with Gasteiger partial charge in [0.2, 0.25) is 0 Å². The highest BCUT2D eigenvalue weighted by Gasteiger charge is 2.51. The summed E-state index contributed by atoms with van der Waals surface area (Å²) in [5.74, 6) is 1.10. The number of nitrogens with zero attached hydrogens (tertiary/aromatic N) is 4. The average Bonchev–Trinajstić information content (AvgIpc) is 3.54. The molecule has 1 saturated carbocycles. The fourth-order valence-corrected chi connectivity index (χ4v) is 8.03. The smallest absolute Gasteiger partial charge is 0.254 e. The third-order valence-corrected chi connectivity index (χ3v) is 10.4. The van der Waals surface area contributed by atoms with Gasteiger partial charge in [-0.2, -0.15) is 0 Å². The molecule has 3 aromatic rings. The monoisotopic (exact) mass is 512 g/mol. The van der Waals surface area contributed by atoms with Crippen molar-refractivity contribution in [3.05, 3.63) is 66.0 Å². The Hall–Kier alpha value is -2.70. The van der Waals surface area contributed by atoms with Gasteiger partial charge < -0.3 is 14.6 Å². The molecule has 2 bridgehead atoms. The molecule has 4 fully saturated rings. The van der Waals surface area contributed by atoms with Gasteiger partial charge in [0.15, 0.2) is 0 Å². The van der Waals surface area contributed by atoms with Crippen LogP contribution in [0, 0.1) is 6.92 Å². The van der Waals surface area contributed by atoms with Crippen LogP contribution in [0.3, 0.4) is 0 Å². The van der Waals surface area contributed by atoms with E-state index >= 15 is 0 Å². The summed E-state index contributed by atoms with van der Waals surface area (Å²) < 4.78 is 2.52. The number of aliphatic hydroxyl groups is 1. The number of carbonyl (C=O) groups is 1. The molecule has 3 aliphatic heterocycles. The third kappa shape index (κ3) is 4.08. The van der Waals surface area contributed by atoms with Gasteiger partial charge in [0, 0.05) is 31.2 Å². The first-order chi connectivity index (χ1) is 18.5. The van der Waals surface area contributed by atoms with Crippen LogP contribution in [-0.2, 0) is 10.2 Å². The number of amides is 1. The lowest BCUT2D eigenvalue weighted by atomic mass is 9.70. The molecule has 4 aliphatic rings. The summed E-state index contributed by atoms with van der Waals surface area (Å²) >= 11 is 0. The molecular formula is C32H40N4O2. The molecule has 1 aromatic heterocycles. The minimum absolute atomic E-state index is 0.0402. The molecule has 0 radical (unpaired) electrons. The summed E-state index contributed by atoms with van der Waals surface area (Å²) in [5, 5.41) is 10.4. The van der Waals surface area contributed by atoms with Crippen LogP contribution in [0.25, 0.3) is 11.0 Å². The maximum atomic E-state index is 12.8. The SMILES string of the molecule is Cc1nc2ccccc2n1C1CC2CCC(C1)N2CCC1(c2ccccc2)CCN(C(=O)C2(O)CC2)CC1. The second kappa shape index (κ2) is 9.20. The summed E-state index contributed by atoms with van der Waals surface area (Å²) in [5.41, 5.74) is 2.85. The minimum atomic E-state index is -1.06. The van der Waals surface area contributed by atoms with Crippen molar-refractivity contribution < 1.29 is 9.90 Å². The van der Waals surface area contributed by atoms with Crippen LogP contribution < -0.4 is 0 Å². The molecule has 2 atom stereocenters. The summed E-state index contributed by atoms with van der Waals surface area (Å²) in [7, 11) is 0. The Morgan fingerprint density at radius 1 is 0.921 bits per heavy atom. The Labute approximate surface area is 225 Å². The minimum Gasteiger partial charge on any atom is -0.380 e. The zero-order valence-corrected chi connectivity index (χ0v) is 22.6. The van der Waals surface area contributed by atoms with Crippen molar-refractivity contribution in [2.75, 3.05) is 19.6 Å². The summed E-state index contributed by atoms with van der Waals surface area (Å²) in [4.78, 5) is 22.5. The summed E-state index contributed by atoms with van der Waals surface area (Å²) in [6.45, 7) is 4.78. The molecule has 6 nitrogen and oxygen atoms in total. The van der Waals surface area contributed by atoms with Crippen molar-refractivity contribution in [3.8, 4) is 0 Å². The van der Waals surface area contributed by atoms with Gasteiger partial charge in [-0.3, -0.25) is 9.69 Å². The molecule has 1 N–H and O–H groups in total. The molecule has 0 spiro atoms. The number of para-hydroxylation sites is 2. The number of aryl methyl sites for hydroxylation is 1. The molecule has 2 aromatic carbocycles. The fourth-order valence-electron chi connectivity index (χ4n) is 8.03. The lowest BCUT2D eigenvalue weighted by Gasteiger charge is -2.46. The Morgan fingerprint density at radius 2 is 1.58 bits per heavy atom. The van der Waals surface area contributed by atoms with Gasteiger partial charge in [0.05, 0.1) is 11.0 Å². The first-order valence-electron chi connectivity index (χ1n) is 14.7. The highest BCUT2D eigenvalue weighted by atomic mass is 16.3. The van der Waals surface area contributed by atoms with Gasteiger partial charge in [-0.25, -0.2) is 4.98 Å². The van der Waals surface area contributed by atoms with Crippen LogP contribution in [0.2, 0.25) is 0 Å². The Kier molecular flexibility index (Phi) is 5.89. The zero-order valence-electron chi connectivity index (χ0n) is 22.6. The lowest BCUT2D eigenvalue weighted by Crippen LogP contribution is -2.51. The number of carbonyl (C=O) groups excluding carboxylic acids is 1. The topological polar surface area (TPSA) is 61.6 Å². The number of benzene rings is 2. The van der Waals surface area contributed by atoms with Gasteiger partial charge in [-0.15, -0.1) is 0 Å². The number of rotatable bonds is 6. The number of aromatic nitrogens is 2. The normalized spacial score (nSPS) is 28.1. The maximum absolute atomic E-state index is 12.8. The van der Waals surface area contributed by atoms with E-state index in [1.807, 2.05) is 4.90 Å². The third-order valence-electron chi connectivity index (χ3n) is 10.4. The number of hydrogen-bond donors (Lipinski definition) is 1. The van der Waals surface area contributed by atoms with Crippen LogP contribution in [0.15, 0.2) is 54.6 Å². The Morgan fingerprint density at radius 3 is 2.26 bits per heavy atom. The Balaban J connectivity index is 1.07. The van der Waals surface area contributed by atoms with Crippen molar-refractivity contribution in [3.63, 3.8) is 0 Å². The van der Waals surface area contributed by atoms with E-state index in [9.17, 15) is 9.90 Å². The number of imidazole rings is 1. The highest BCUT2D eigenvalue weighted by Crippen LogP contribution is 2.46. The second-order valence-electron chi connectivity index (χ2n) is 12.5. The van der Waals surface area contributed by atoms with Crippen LogP contribution in [0.1, 0.15) is 75.2 Å². The molecular weight excluding hydrogens is 472 g/mol. The van der Waals surface area contributed by atoms with Crippen molar-refractivity contribution >= 4 is 16.9 Å². The predicted octanol–water partition coefficient (Wildman–Crippen LogP) is 4.99. The van der Waals surface area contributed by atoms with E-state index in [0.717, 1.165) is 50.2 Å². The second-order valence-corrected chi connectivity index (χ2v) is 12.5. The zero-order chi connectivity index (χ0) is 25.9. The molecule has 4 heterocycles. The molecule has 3 saturated heterocycles. The van der Waals surface area contributed by atoms with Crippen LogP contribution >= 0.6 is 0 Å². The lowest BCUT2D eigenvalue weighted by molar-refractivity contribution is -0.144. The van der Waals surface area contributed by atoms with E-state index in [-0.39, 0.29) is 11.3 Å². The van der Waals surface area contributed by atoms with E-state index in [1.165, 1.54) is 36.8 Å². The number of piperidine rings is 2. The fraction of sp³-hybridized carbons (Fsp3) is 0.562. The first-order valence-corrected chi connectivity index (χ1v) is 14.7. The van der Waals surface area contributed by atoms with E-state index in [0.29, 0.717) is 31.0 Å². The average molecular weight is 513 g/mol. The van der Waals surface area contributed by atoms with Gasteiger partial charge in [-0.05, 0) is 94.4 Å². The van der Waals surface area contributed by atoms with E-state index in [1.54, 1.807) is 0 Å². The molecule has 38 heavy (non-hydrogen) atoms. The highest BCUT2D eigenvalue weighted by molar-refractivity contribution is 5.88. The molecule has 6 heteroatoms. The number of likely N-dealkylation sites (tertiary alicyclic amines) is 1. The largest absolute Gasteiger partial charge is 0.380 e. The van der Waals surface area contributed by atoms with Crippen molar-refractivity contribution in [1.29, 1.82) is 0 Å². The first kappa shape index (κ1) is 24.3. The van der Waals surface area contributed by atoms with Crippen LogP contribution in [-0.4, -0.2) is 67.7 Å². The number of fused-ring (bicyclic) bond motifs is 3. The van der Waals surface area contributed by atoms with Crippen molar-refractivity contribution in [1.82, 2.24) is 19.4 Å². The van der Waals surface area contributed by atoms with Crippen molar-refractivity contribution in [2.24, 2.45) is 0 Å².